The van der Waals surface area contributed by atoms with Crippen LogP contribution < -0.4 is 5.73 Å². The van der Waals surface area contributed by atoms with Crippen molar-refractivity contribution in [1.82, 2.24) is 9.97 Å². The topological polar surface area (TPSA) is 72.0 Å². The van der Waals surface area contributed by atoms with Crippen LogP contribution >= 0.6 is 0 Å². The first-order chi connectivity index (χ1) is 6.77. The molecule has 0 aliphatic carbocycles. The lowest BCUT2D eigenvalue weighted by Crippen LogP contribution is -1.95. The molecule has 1 aromatic carbocycles. The normalized spacial score (nSPS) is 10.0. The van der Waals surface area contributed by atoms with Crippen molar-refractivity contribution in [2.24, 2.45) is 0 Å². The molecule has 0 aliphatic heterocycles. The third-order valence-electron chi connectivity index (χ3n) is 1.85. The number of rotatable bonds is 1. The minimum absolute atomic E-state index is 0.186. The summed E-state index contributed by atoms with van der Waals surface area (Å²) in [6.07, 6.45) is 1.56. The molecule has 3 N–H and O–H groups in total. The first-order valence-electron chi connectivity index (χ1n) is 4.14. The fourth-order valence-electron chi connectivity index (χ4n) is 1.21. The van der Waals surface area contributed by atoms with Crippen LogP contribution in [0.1, 0.15) is 0 Å². The molecule has 0 saturated heterocycles. The molecule has 1 aromatic heterocycles. The molecule has 0 amide bonds. The van der Waals surface area contributed by atoms with E-state index in [1.165, 1.54) is 0 Å². The van der Waals surface area contributed by atoms with Crippen molar-refractivity contribution in [2.75, 3.05) is 5.73 Å². The highest BCUT2D eigenvalue weighted by atomic mass is 16.3. The van der Waals surface area contributed by atoms with Gasteiger partial charge >= 0.3 is 0 Å². The smallest absolute Gasteiger partial charge is 0.220 e. The quantitative estimate of drug-likeness (QED) is 0.708. The number of nitrogens with zero attached hydrogens (tertiary/aromatic N) is 2. The van der Waals surface area contributed by atoms with Crippen LogP contribution in [-0.4, -0.2) is 15.1 Å². The number of anilines is 1. The molecular weight excluding hydrogens is 178 g/mol. The minimum atomic E-state index is 0.186. The third-order valence-corrected chi connectivity index (χ3v) is 1.85. The number of phenols is 1. The molecule has 2 aromatic rings. The van der Waals surface area contributed by atoms with Crippen LogP contribution in [0.3, 0.4) is 0 Å². The summed E-state index contributed by atoms with van der Waals surface area (Å²) in [6.45, 7) is 0. The van der Waals surface area contributed by atoms with Gasteiger partial charge in [0.05, 0.1) is 5.69 Å². The van der Waals surface area contributed by atoms with Crippen molar-refractivity contribution in [2.45, 2.75) is 0 Å². The molecule has 0 radical (unpaired) electrons. The molecule has 0 spiro atoms. The van der Waals surface area contributed by atoms with E-state index in [4.69, 9.17) is 5.73 Å². The maximum atomic E-state index is 9.55. The van der Waals surface area contributed by atoms with Gasteiger partial charge in [-0.25, -0.2) is 9.97 Å². The summed E-state index contributed by atoms with van der Waals surface area (Å²) in [4.78, 5) is 7.79. The van der Waals surface area contributed by atoms with E-state index in [1.807, 2.05) is 6.07 Å². The van der Waals surface area contributed by atoms with Gasteiger partial charge < -0.3 is 10.8 Å². The molecule has 0 fully saturated rings. The Labute approximate surface area is 81.1 Å². The molecule has 1 heterocycles. The summed E-state index contributed by atoms with van der Waals surface area (Å²) < 4.78 is 0. The fraction of sp³-hybridized carbons (Fsp3) is 0. The average molecular weight is 187 g/mol. The summed E-state index contributed by atoms with van der Waals surface area (Å²) in [6, 6.07) is 8.66. The van der Waals surface area contributed by atoms with Gasteiger partial charge in [-0.15, -0.1) is 0 Å². The van der Waals surface area contributed by atoms with E-state index in [9.17, 15) is 5.11 Å². The van der Waals surface area contributed by atoms with E-state index in [-0.39, 0.29) is 11.7 Å². The van der Waals surface area contributed by atoms with Crippen molar-refractivity contribution < 1.29 is 5.11 Å². The zero-order valence-corrected chi connectivity index (χ0v) is 7.38. The second-order valence-corrected chi connectivity index (χ2v) is 2.82. The highest BCUT2D eigenvalue weighted by Crippen LogP contribution is 2.26. The number of aromatic hydroxyl groups is 1. The molecule has 0 unspecified atom stereocenters. The predicted molar refractivity (Wildman–Crippen MR) is 53.5 cm³/mol. The SMILES string of the molecule is Nc1nccc(-c2ccccc2O)n1. The van der Waals surface area contributed by atoms with Crippen LogP contribution in [0.4, 0.5) is 5.95 Å². The van der Waals surface area contributed by atoms with Crippen molar-refractivity contribution in [3.05, 3.63) is 36.5 Å². The molecule has 0 saturated carbocycles. The lowest BCUT2D eigenvalue weighted by molar-refractivity contribution is 0.477. The van der Waals surface area contributed by atoms with Gasteiger partial charge in [-0.1, -0.05) is 12.1 Å². The number of para-hydroxylation sites is 1. The summed E-state index contributed by atoms with van der Waals surface area (Å²) in [7, 11) is 0. The fourth-order valence-corrected chi connectivity index (χ4v) is 1.21. The number of hydrogen-bond acceptors (Lipinski definition) is 4. The van der Waals surface area contributed by atoms with Gasteiger partial charge in [0.15, 0.2) is 0 Å². The number of benzene rings is 1. The number of aromatic nitrogens is 2. The molecule has 0 bridgehead atoms. The number of phenolic OH excluding ortho intramolecular Hbond substituents is 1. The standard InChI is InChI=1S/C10H9N3O/c11-10-12-6-5-8(13-10)7-3-1-2-4-9(7)14/h1-6,14H,(H2,11,12,13). The van der Waals surface area contributed by atoms with E-state index in [0.29, 0.717) is 11.3 Å². The van der Waals surface area contributed by atoms with E-state index in [1.54, 1.807) is 30.5 Å². The summed E-state index contributed by atoms with van der Waals surface area (Å²) >= 11 is 0. The van der Waals surface area contributed by atoms with Gasteiger partial charge in [0.25, 0.3) is 0 Å². The number of hydrogen-bond donors (Lipinski definition) is 2. The Bertz CT molecular complexity index is 457. The van der Waals surface area contributed by atoms with Gasteiger partial charge in [-0.05, 0) is 18.2 Å². The van der Waals surface area contributed by atoms with E-state index in [0.717, 1.165) is 0 Å². The molecule has 4 heteroatoms. The Balaban J connectivity index is 2.55. The Hall–Kier alpha value is -2.10. The molecule has 70 valence electrons. The van der Waals surface area contributed by atoms with Gasteiger partial charge in [0, 0.05) is 11.8 Å². The van der Waals surface area contributed by atoms with Crippen molar-refractivity contribution in [3.63, 3.8) is 0 Å². The lowest BCUT2D eigenvalue weighted by Gasteiger charge is -2.02. The van der Waals surface area contributed by atoms with Crippen LogP contribution in [0, 0.1) is 0 Å². The predicted octanol–water partition coefficient (Wildman–Crippen LogP) is 1.43. The number of nitrogens with two attached hydrogens (primary N) is 1. The van der Waals surface area contributed by atoms with Gasteiger partial charge in [-0.2, -0.15) is 0 Å². The van der Waals surface area contributed by atoms with E-state index in [2.05, 4.69) is 9.97 Å². The molecule has 0 atom stereocenters. The zero-order chi connectivity index (χ0) is 9.97. The van der Waals surface area contributed by atoms with Crippen LogP contribution in [0.25, 0.3) is 11.3 Å². The number of nitrogen functional groups attached to an aromatic ring is 1. The second kappa shape index (κ2) is 3.33. The average Bonchev–Trinajstić information content (AvgIpc) is 2.18. The maximum Gasteiger partial charge on any atom is 0.220 e. The third kappa shape index (κ3) is 1.50. The first kappa shape index (κ1) is 8.50. The first-order valence-corrected chi connectivity index (χ1v) is 4.14. The molecule has 4 nitrogen and oxygen atoms in total. The van der Waals surface area contributed by atoms with Gasteiger partial charge in [0.2, 0.25) is 5.95 Å². The maximum absolute atomic E-state index is 9.55. The summed E-state index contributed by atoms with van der Waals surface area (Å²) in [5.41, 5.74) is 6.72. The molecule has 14 heavy (non-hydrogen) atoms. The highest BCUT2D eigenvalue weighted by Gasteiger charge is 2.04. The lowest BCUT2D eigenvalue weighted by atomic mass is 10.1. The van der Waals surface area contributed by atoms with Crippen LogP contribution in [0.2, 0.25) is 0 Å². The monoisotopic (exact) mass is 187 g/mol. The Morgan fingerprint density at radius 2 is 1.93 bits per heavy atom. The van der Waals surface area contributed by atoms with Gasteiger partial charge in [0.1, 0.15) is 5.75 Å². The Morgan fingerprint density at radius 3 is 2.64 bits per heavy atom. The Kier molecular flexibility index (Phi) is 2.02. The molecule has 0 aliphatic rings. The van der Waals surface area contributed by atoms with E-state index >= 15 is 0 Å². The Morgan fingerprint density at radius 1 is 1.14 bits per heavy atom. The van der Waals surface area contributed by atoms with Gasteiger partial charge in [-0.3, -0.25) is 0 Å². The second-order valence-electron chi connectivity index (χ2n) is 2.82. The molecular formula is C10H9N3O. The van der Waals surface area contributed by atoms with Crippen molar-refractivity contribution in [1.29, 1.82) is 0 Å². The van der Waals surface area contributed by atoms with Crippen molar-refractivity contribution in [3.8, 4) is 17.0 Å². The van der Waals surface area contributed by atoms with Crippen molar-refractivity contribution >= 4 is 5.95 Å². The highest BCUT2D eigenvalue weighted by molar-refractivity contribution is 5.66. The summed E-state index contributed by atoms with van der Waals surface area (Å²) in [5, 5.41) is 9.55. The largest absolute Gasteiger partial charge is 0.507 e. The van der Waals surface area contributed by atoms with E-state index < -0.39 is 0 Å². The van der Waals surface area contributed by atoms with Crippen LogP contribution in [-0.2, 0) is 0 Å². The summed E-state index contributed by atoms with van der Waals surface area (Å²) in [5.74, 6) is 0.386. The zero-order valence-electron chi connectivity index (χ0n) is 7.38. The minimum Gasteiger partial charge on any atom is -0.507 e. The van der Waals surface area contributed by atoms with Crippen LogP contribution in [0.5, 0.6) is 5.75 Å². The molecule has 2 rings (SSSR count). The van der Waals surface area contributed by atoms with Crippen LogP contribution in [0.15, 0.2) is 36.5 Å².